The van der Waals surface area contributed by atoms with Crippen LogP contribution >= 0.6 is 22.9 Å². The highest BCUT2D eigenvalue weighted by atomic mass is 35.5. The van der Waals surface area contributed by atoms with E-state index in [0.29, 0.717) is 17.8 Å². The van der Waals surface area contributed by atoms with Gasteiger partial charge in [0.2, 0.25) is 6.41 Å². The van der Waals surface area contributed by atoms with Gasteiger partial charge in [-0.1, -0.05) is 11.6 Å². The van der Waals surface area contributed by atoms with Crippen molar-refractivity contribution in [3.63, 3.8) is 0 Å². The zero-order valence-corrected chi connectivity index (χ0v) is 13.5. The van der Waals surface area contributed by atoms with Crippen molar-refractivity contribution in [1.82, 2.24) is 9.97 Å². The van der Waals surface area contributed by atoms with Crippen molar-refractivity contribution in [2.45, 2.75) is 0 Å². The van der Waals surface area contributed by atoms with Gasteiger partial charge in [-0.15, -0.1) is 11.3 Å². The summed E-state index contributed by atoms with van der Waals surface area (Å²) in [5.41, 5.74) is 2.12. The molecule has 0 saturated carbocycles. The number of thiazole rings is 1. The van der Waals surface area contributed by atoms with E-state index in [9.17, 15) is 4.79 Å². The first-order valence-electron chi connectivity index (χ1n) is 6.42. The molecule has 2 aromatic heterocycles. The van der Waals surface area contributed by atoms with Gasteiger partial charge >= 0.3 is 0 Å². The smallest absolute Gasteiger partial charge is 0.213 e. The number of amides is 1. The molecule has 112 valence electrons. The predicted octanol–water partition coefficient (Wildman–Crippen LogP) is 3.61. The molecule has 0 unspecified atom stereocenters. The van der Waals surface area contributed by atoms with Gasteiger partial charge in [0.05, 0.1) is 23.0 Å². The summed E-state index contributed by atoms with van der Waals surface area (Å²) in [6.45, 7) is 0. The van der Waals surface area contributed by atoms with Crippen molar-refractivity contribution in [2.24, 2.45) is 0 Å². The Bertz CT molecular complexity index is 850. The first-order chi connectivity index (χ1) is 10.6. The summed E-state index contributed by atoms with van der Waals surface area (Å²) >= 11 is 7.66. The Hall–Kier alpha value is -2.18. The first-order valence-corrected chi connectivity index (χ1v) is 7.61. The molecule has 0 saturated heterocycles. The summed E-state index contributed by atoms with van der Waals surface area (Å²) in [4.78, 5) is 21.1. The van der Waals surface area contributed by atoms with Gasteiger partial charge in [0.15, 0.2) is 5.15 Å². The summed E-state index contributed by atoms with van der Waals surface area (Å²) in [5, 5.41) is 1.04. The normalized spacial score (nSPS) is 10.7. The number of nitrogens with zero attached hydrogens (tertiary/aromatic N) is 3. The molecule has 0 N–H and O–H groups in total. The highest BCUT2D eigenvalue weighted by molar-refractivity contribution is 7.21. The van der Waals surface area contributed by atoms with Gasteiger partial charge in [0, 0.05) is 7.05 Å². The minimum Gasteiger partial charge on any atom is -0.497 e. The number of benzene rings is 1. The van der Waals surface area contributed by atoms with Crippen LogP contribution in [0.2, 0.25) is 5.15 Å². The van der Waals surface area contributed by atoms with Crippen LogP contribution in [0.4, 0.5) is 5.69 Å². The molecule has 22 heavy (non-hydrogen) atoms. The molecule has 3 aromatic rings. The van der Waals surface area contributed by atoms with E-state index in [-0.39, 0.29) is 5.15 Å². The summed E-state index contributed by atoms with van der Waals surface area (Å²) < 4.78 is 6.23. The number of methoxy groups -OCH3 is 1. The molecule has 0 aliphatic heterocycles. The van der Waals surface area contributed by atoms with Gasteiger partial charge in [0.25, 0.3) is 0 Å². The largest absolute Gasteiger partial charge is 0.497 e. The molecular formula is C15H12ClN3O2S. The second-order valence-electron chi connectivity index (χ2n) is 4.58. The Labute approximate surface area is 136 Å². The zero-order valence-electron chi connectivity index (χ0n) is 11.9. The topological polar surface area (TPSA) is 55.3 Å². The average Bonchev–Trinajstić information content (AvgIpc) is 2.96. The van der Waals surface area contributed by atoms with E-state index < -0.39 is 0 Å². The Morgan fingerprint density at radius 2 is 2.09 bits per heavy atom. The third-order valence-corrected chi connectivity index (χ3v) is 4.50. The van der Waals surface area contributed by atoms with Crippen LogP contribution in [0.25, 0.3) is 20.9 Å². The summed E-state index contributed by atoms with van der Waals surface area (Å²) in [6, 6.07) is 9.27. The SMILES string of the molecule is COc1ccc2nc(-c3ccc(N(C)C=O)c(Cl)n3)sc2c1. The minimum atomic E-state index is 0.268. The number of hydrogen-bond acceptors (Lipinski definition) is 5. The van der Waals surface area contributed by atoms with E-state index in [1.165, 1.54) is 16.2 Å². The number of anilines is 1. The van der Waals surface area contributed by atoms with Gasteiger partial charge < -0.3 is 9.64 Å². The van der Waals surface area contributed by atoms with E-state index in [0.717, 1.165) is 21.0 Å². The number of fused-ring (bicyclic) bond motifs is 1. The molecule has 0 radical (unpaired) electrons. The number of pyridine rings is 1. The highest BCUT2D eigenvalue weighted by Crippen LogP contribution is 2.33. The van der Waals surface area contributed by atoms with Crippen LogP contribution in [0.5, 0.6) is 5.75 Å². The van der Waals surface area contributed by atoms with E-state index in [1.807, 2.05) is 18.2 Å². The molecule has 0 atom stereocenters. The standard InChI is InChI=1S/C15H12ClN3O2S/c1-19(8-20)12-6-5-11(17-14(12)16)15-18-10-4-3-9(21-2)7-13(10)22-15/h3-8H,1-2H3. The van der Waals surface area contributed by atoms with Crippen LogP contribution in [0.3, 0.4) is 0 Å². The van der Waals surface area contributed by atoms with Crippen LogP contribution in [0.1, 0.15) is 0 Å². The Balaban J connectivity index is 2.03. The fraction of sp³-hybridized carbons (Fsp3) is 0.133. The van der Waals surface area contributed by atoms with Crippen LogP contribution in [-0.4, -0.2) is 30.5 Å². The molecule has 0 fully saturated rings. The second-order valence-corrected chi connectivity index (χ2v) is 5.96. The number of aromatic nitrogens is 2. The number of hydrogen-bond donors (Lipinski definition) is 0. The van der Waals surface area contributed by atoms with Crippen molar-refractivity contribution < 1.29 is 9.53 Å². The average molecular weight is 334 g/mol. The second kappa shape index (κ2) is 5.90. The van der Waals surface area contributed by atoms with E-state index >= 15 is 0 Å². The van der Waals surface area contributed by atoms with Crippen molar-refractivity contribution >= 4 is 45.3 Å². The lowest BCUT2D eigenvalue weighted by molar-refractivity contribution is -0.107. The van der Waals surface area contributed by atoms with Crippen molar-refractivity contribution in [3.05, 3.63) is 35.5 Å². The third kappa shape index (κ3) is 2.63. The number of carbonyl (C=O) groups is 1. The molecule has 5 nitrogen and oxygen atoms in total. The number of ether oxygens (including phenoxy) is 1. The number of halogens is 1. The lowest BCUT2D eigenvalue weighted by atomic mass is 10.3. The lowest BCUT2D eigenvalue weighted by Crippen LogP contribution is -2.14. The number of carbonyl (C=O) groups excluding carboxylic acids is 1. The first kappa shape index (κ1) is 14.7. The predicted molar refractivity (Wildman–Crippen MR) is 88.9 cm³/mol. The van der Waals surface area contributed by atoms with E-state index in [2.05, 4.69) is 9.97 Å². The third-order valence-electron chi connectivity index (χ3n) is 3.18. The van der Waals surface area contributed by atoms with E-state index in [1.54, 1.807) is 26.3 Å². The maximum absolute atomic E-state index is 10.8. The van der Waals surface area contributed by atoms with E-state index in [4.69, 9.17) is 16.3 Å². The van der Waals surface area contributed by atoms with Crippen molar-refractivity contribution in [3.8, 4) is 16.5 Å². The van der Waals surface area contributed by atoms with Crippen LogP contribution < -0.4 is 9.64 Å². The molecule has 0 aliphatic carbocycles. The molecule has 0 bridgehead atoms. The van der Waals surface area contributed by atoms with Gasteiger partial charge in [0.1, 0.15) is 16.5 Å². The maximum Gasteiger partial charge on any atom is 0.213 e. The van der Waals surface area contributed by atoms with Gasteiger partial charge in [-0.3, -0.25) is 4.79 Å². The Kier molecular flexibility index (Phi) is 3.96. The summed E-state index contributed by atoms with van der Waals surface area (Å²) in [5.74, 6) is 0.789. The van der Waals surface area contributed by atoms with Crippen molar-refractivity contribution in [2.75, 3.05) is 19.1 Å². The molecule has 3 rings (SSSR count). The molecule has 0 aliphatic rings. The fourth-order valence-electron chi connectivity index (χ4n) is 2.01. The minimum absolute atomic E-state index is 0.268. The molecule has 1 amide bonds. The lowest BCUT2D eigenvalue weighted by Gasteiger charge is -2.12. The van der Waals surface area contributed by atoms with Gasteiger partial charge in [-0.05, 0) is 30.3 Å². The maximum atomic E-state index is 10.8. The quantitative estimate of drug-likeness (QED) is 0.540. The van der Waals surface area contributed by atoms with Crippen LogP contribution in [-0.2, 0) is 4.79 Å². The molecule has 2 heterocycles. The molecule has 7 heteroatoms. The van der Waals surface area contributed by atoms with Crippen LogP contribution in [0, 0.1) is 0 Å². The molecule has 1 aromatic carbocycles. The Morgan fingerprint density at radius 1 is 1.27 bits per heavy atom. The highest BCUT2D eigenvalue weighted by Gasteiger charge is 2.12. The monoisotopic (exact) mass is 333 g/mol. The van der Waals surface area contributed by atoms with Gasteiger partial charge in [-0.25, -0.2) is 9.97 Å². The number of rotatable bonds is 4. The summed E-state index contributed by atoms with van der Waals surface area (Å²) in [6.07, 6.45) is 0.687. The molecular weight excluding hydrogens is 322 g/mol. The zero-order chi connectivity index (χ0) is 15.7. The summed E-state index contributed by atoms with van der Waals surface area (Å²) in [7, 11) is 3.26. The van der Waals surface area contributed by atoms with Crippen molar-refractivity contribution in [1.29, 1.82) is 0 Å². The molecule has 0 spiro atoms. The van der Waals surface area contributed by atoms with Gasteiger partial charge in [-0.2, -0.15) is 0 Å². The fourth-order valence-corrected chi connectivity index (χ4v) is 3.26. The van der Waals surface area contributed by atoms with Crippen LogP contribution in [0.15, 0.2) is 30.3 Å². The Morgan fingerprint density at radius 3 is 2.77 bits per heavy atom.